The molecule has 0 aromatic carbocycles. The maximum atomic E-state index is 12.0. The van der Waals surface area contributed by atoms with Crippen LogP contribution in [-0.2, 0) is 23.9 Å². The molecule has 0 bridgehead atoms. The second-order valence-electron chi connectivity index (χ2n) is 8.23. The van der Waals surface area contributed by atoms with Gasteiger partial charge in [-0.1, -0.05) is 0 Å². The van der Waals surface area contributed by atoms with Crippen molar-refractivity contribution in [2.75, 3.05) is 19.8 Å². The normalized spacial score (nSPS) is 29.8. The van der Waals surface area contributed by atoms with E-state index >= 15 is 0 Å². The van der Waals surface area contributed by atoms with Crippen molar-refractivity contribution in [1.82, 2.24) is 10.6 Å². The first-order valence-corrected chi connectivity index (χ1v) is 10.6. The van der Waals surface area contributed by atoms with Crippen LogP contribution < -0.4 is 10.6 Å². The summed E-state index contributed by atoms with van der Waals surface area (Å²) < 4.78 is 10.5. The number of ether oxygens (including phenoxy) is 2. The molecule has 1 aliphatic heterocycles. The smallest absolute Gasteiger partial charge is 0.364 e. The van der Waals surface area contributed by atoms with Crippen LogP contribution >= 0.6 is 0 Å². The van der Waals surface area contributed by atoms with Gasteiger partial charge >= 0.3 is 5.97 Å². The molecule has 10 atom stereocenters. The number of carboxylic acid groups (broad SMARTS) is 1. The van der Waals surface area contributed by atoms with Gasteiger partial charge in [-0.3, -0.25) is 9.59 Å². The first kappa shape index (κ1) is 31.0. The molecule has 1 saturated heterocycles. The minimum atomic E-state index is -2.77. The van der Waals surface area contributed by atoms with Crippen molar-refractivity contribution in [3.8, 4) is 0 Å². The number of hydrogen-bond donors (Lipinski definition) is 11. The van der Waals surface area contributed by atoms with Crippen LogP contribution in [0.3, 0.4) is 0 Å². The van der Waals surface area contributed by atoms with Gasteiger partial charge < -0.3 is 66.1 Å². The summed E-state index contributed by atoms with van der Waals surface area (Å²) in [7, 11) is 0. The van der Waals surface area contributed by atoms with E-state index in [9.17, 15) is 55.2 Å². The number of carbonyl (C=O) groups excluding carboxylic acids is 2. The van der Waals surface area contributed by atoms with Crippen molar-refractivity contribution >= 4 is 17.8 Å². The molecule has 11 N–H and O–H groups in total. The molecule has 0 spiro atoms. The number of amides is 2. The zero-order chi connectivity index (χ0) is 27.1. The van der Waals surface area contributed by atoms with E-state index in [1.165, 1.54) is 0 Å². The highest BCUT2D eigenvalue weighted by atomic mass is 16.7. The fraction of sp³-hybridized carbons (Fsp3) is 0.842. The fourth-order valence-corrected chi connectivity index (χ4v) is 3.56. The highest BCUT2D eigenvalue weighted by molar-refractivity contribution is 5.76. The number of aliphatic carboxylic acids is 1. The predicted octanol–water partition coefficient (Wildman–Crippen LogP) is -6.27. The van der Waals surface area contributed by atoms with E-state index in [4.69, 9.17) is 14.6 Å². The summed E-state index contributed by atoms with van der Waals surface area (Å²) in [4.78, 5) is 34.7. The molecule has 204 valence electrons. The Kier molecular flexibility index (Phi) is 11.8. The van der Waals surface area contributed by atoms with E-state index in [-0.39, 0.29) is 0 Å². The molecule has 1 heterocycles. The van der Waals surface area contributed by atoms with E-state index in [1.54, 1.807) is 0 Å². The summed E-state index contributed by atoms with van der Waals surface area (Å²) in [5.74, 6) is -5.96. The molecule has 0 aromatic heterocycles. The third-order valence-corrected chi connectivity index (χ3v) is 5.42. The largest absolute Gasteiger partial charge is 0.477 e. The second-order valence-corrected chi connectivity index (χ2v) is 8.23. The molecular weight excluding hydrogens is 480 g/mol. The third kappa shape index (κ3) is 8.01. The maximum absolute atomic E-state index is 12.0. The lowest BCUT2D eigenvalue weighted by atomic mass is 9.88. The average molecular weight is 514 g/mol. The Bertz CT molecular complexity index is 726. The number of aliphatic hydroxyl groups is 8. The lowest BCUT2D eigenvalue weighted by molar-refractivity contribution is -0.317. The van der Waals surface area contributed by atoms with E-state index in [2.05, 4.69) is 10.6 Å². The molecule has 35 heavy (non-hydrogen) atoms. The third-order valence-electron chi connectivity index (χ3n) is 5.42. The standard InChI is InChI=1S/C19H34N2O14/c1-7(24)20-9(4-22)14(29)15(30)12(28)6-34-19(18(32)33)3-10(26)13(21-8(2)25)17(35-19)16(31)11(27)5-23/h9-17,22-23,26-31H,3-6H2,1-2H3,(H,20,24)(H,21,25)(H,32,33). The van der Waals surface area contributed by atoms with Gasteiger partial charge in [-0.2, -0.15) is 0 Å². The Morgan fingerprint density at radius 1 is 1.00 bits per heavy atom. The van der Waals surface area contributed by atoms with Crippen LogP contribution in [0.5, 0.6) is 0 Å². The summed E-state index contributed by atoms with van der Waals surface area (Å²) >= 11 is 0. The minimum absolute atomic E-state index is 0.654. The van der Waals surface area contributed by atoms with Crippen molar-refractivity contribution < 1.29 is 69.8 Å². The van der Waals surface area contributed by atoms with E-state index in [0.717, 1.165) is 13.8 Å². The van der Waals surface area contributed by atoms with Gasteiger partial charge in [0, 0.05) is 20.3 Å². The molecule has 1 aliphatic rings. The van der Waals surface area contributed by atoms with Crippen molar-refractivity contribution in [3.63, 3.8) is 0 Å². The SMILES string of the molecule is CC(=O)NC(CO)C(O)C(O)C(O)COC1(C(=O)O)CC(O)C(NC(C)=O)C(C(O)C(O)CO)O1. The lowest BCUT2D eigenvalue weighted by Crippen LogP contribution is -2.68. The zero-order valence-electron chi connectivity index (χ0n) is 19.1. The van der Waals surface area contributed by atoms with E-state index < -0.39 is 105 Å². The Labute approximate surface area is 199 Å². The van der Waals surface area contributed by atoms with Gasteiger partial charge in [-0.05, 0) is 0 Å². The first-order chi connectivity index (χ1) is 16.2. The summed E-state index contributed by atoms with van der Waals surface area (Å²) in [5.41, 5.74) is 0. The minimum Gasteiger partial charge on any atom is -0.477 e. The van der Waals surface area contributed by atoms with Crippen molar-refractivity contribution in [2.24, 2.45) is 0 Å². The molecule has 0 aliphatic carbocycles. The summed E-state index contributed by atoms with van der Waals surface area (Å²) in [5, 5.41) is 93.7. The number of hydrogen-bond acceptors (Lipinski definition) is 13. The van der Waals surface area contributed by atoms with Gasteiger partial charge in [0.05, 0.1) is 38.0 Å². The fourth-order valence-electron chi connectivity index (χ4n) is 3.56. The predicted molar refractivity (Wildman–Crippen MR) is 111 cm³/mol. The van der Waals surface area contributed by atoms with Gasteiger partial charge in [0.15, 0.2) is 0 Å². The van der Waals surface area contributed by atoms with E-state index in [1.807, 2.05) is 0 Å². The summed E-state index contributed by atoms with van der Waals surface area (Å²) in [6.07, 6.45) is -14.2. The highest BCUT2D eigenvalue weighted by Gasteiger charge is 2.56. The number of carbonyl (C=O) groups is 3. The molecule has 2 amide bonds. The molecule has 0 saturated carbocycles. The van der Waals surface area contributed by atoms with Gasteiger partial charge in [0.1, 0.15) is 36.6 Å². The number of rotatable bonds is 13. The van der Waals surface area contributed by atoms with Crippen LogP contribution in [-0.4, -0.2) is 144 Å². The Morgan fingerprint density at radius 3 is 2.06 bits per heavy atom. The molecule has 16 heteroatoms. The van der Waals surface area contributed by atoms with Gasteiger partial charge in [-0.25, -0.2) is 4.79 Å². The molecule has 1 fully saturated rings. The summed E-state index contributed by atoms with van der Waals surface area (Å²) in [6, 6.07) is -2.81. The monoisotopic (exact) mass is 514 g/mol. The van der Waals surface area contributed by atoms with Crippen LogP contribution in [0.2, 0.25) is 0 Å². The van der Waals surface area contributed by atoms with Crippen molar-refractivity contribution in [1.29, 1.82) is 0 Å². The quantitative estimate of drug-likeness (QED) is 0.109. The Morgan fingerprint density at radius 2 is 1.60 bits per heavy atom. The van der Waals surface area contributed by atoms with Crippen molar-refractivity contribution in [3.05, 3.63) is 0 Å². The van der Waals surface area contributed by atoms with Crippen LogP contribution in [0.1, 0.15) is 20.3 Å². The van der Waals surface area contributed by atoms with Crippen LogP contribution in [0.4, 0.5) is 0 Å². The van der Waals surface area contributed by atoms with Gasteiger partial charge in [-0.15, -0.1) is 0 Å². The molecule has 16 nitrogen and oxygen atoms in total. The number of aliphatic hydroxyl groups excluding tert-OH is 8. The highest BCUT2D eigenvalue weighted by Crippen LogP contribution is 2.34. The van der Waals surface area contributed by atoms with Crippen LogP contribution in [0.15, 0.2) is 0 Å². The second kappa shape index (κ2) is 13.4. The first-order valence-electron chi connectivity index (χ1n) is 10.6. The molecule has 10 unspecified atom stereocenters. The maximum Gasteiger partial charge on any atom is 0.364 e. The zero-order valence-corrected chi connectivity index (χ0v) is 19.1. The van der Waals surface area contributed by atoms with Gasteiger partial charge in [0.2, 0.25) is 11.8 Å². The van der Waals surface area contributed by atoms with E-state index in [0.29, 0.717) is 0 Å². The number of carboxylic acids is 1. The molecule has 1 rings (SSSR count). The molecule has 0 aromatic rings. The lowest BCUT2D eigenvalue weighted by Gasteiger charge is -2.46. The molecule has 0 radical (unpaired) electrons. The van der Waals surface area contributed by atoms with Crippen LogP contribution in [0, 0.1) is 0 Å². The molecular formula is C19H34N2O14. The number of nitrogens with one attached hydrogen (secondary N) is 2. The van der Waals surface area contributed by atoms with Gasteiger partial charge in [0.25, 0.3) is 5.79 Å². The van der Waals surface area contributed by atoms with Crippen molar-refractivity contribution in [2.45, 2.75) is 80.9 Å². The Balaban J connectivity index is 3.11. The average Bonchev–Trinajstić information content (AvgIpc) is 2.79. The topological polar surface area (TPSA) is 276 Å². The summed E-state index contributed by atoms with van der Waals surface area (Å²) in [6.45, 7) is -0.662. The Hall–Kier alpha value is -1.99. The van der Waals surface area contributed by atoms with Crippen LogP contribution in [0.25, 0.3) is 0 Å².